The van der Waals surface area contributed by atoms with Crippen molar-refractivity contribution >= 4 is 0 Å². The monoisotopic (exact) mass is 214 g/mol. The van der Waals surface area contributed by atoms with E-state index >= 15 is 0 Å². The van der Waals surface area contributed by atoms with Crippen LogP contribution in [0.5, 0.6) is 5.75 Å². The van der Waals surface area contributed by atoms with Gasteiger partial charge < -0.3 is 15.0 Å². The van der Waals surface area contributed by atoms with E-state index in [2.05, 4.69) is 22.9 Å². The number of hydrogen-bond donors (Lipinski definition) is 1. The first-order valence-corrected chi connectivity index (χ1v) is 5.50. The van der Waals surface area contributed by atoms with Crippen molar-refractivity contribution in [3.63, 3.8) is 0 Å². The zero-order valence-corrected chi connectivity index (χ0v) is 9.02. The molecular formula is C13H14N2O. The van der Waals surface area contributed by atoms with Crippen LogP contribution in [0.3, 0.4) is 0 Å². The molecule has 2 aromatic rings. The molecule has 0 amide bonds. The van der Waals surface area contributed by atoms with Crippen molar-refractivity contribution in [3.8, 4) is 17.0 Å². The molecule has 82 valence electrons. The van der Waals surface area contributed by atoms with Gasteiger partial charge in [0.1, 0.15) is 12.4 Å². The Bertz CT molecular complexity index is 516. The van der Waals surface area contributed by atoms with Crippen LogP contribution < -0.4 is 10.5 Å². The zero-order valence-electron chi connectivity index (χ0n) is 9.02. The van der Waals surface area contributed by atoms with E-state index < -0.39 is 0 Å². The van der Waals surface area contributed by atoms with Crippen molar-refractivity contribution in [2.45, 2.75) is 13.2 Å². The molecule has 2 N–H and O–H groups in total. The van der Waals surface area contributed by atoms with Gasteiger partial charge >= 0.3 is 0 Å². The predicted octanol–water partition coefficient (Wildman–Crippen LogP) is 2.01. The Labute approximate surface area is 94.5 Å². The molecule has 0 radical (unpaired) electrons. The number of rotatable bonds is 2. The van der Waals surface area contributed by atoms with Crippen LogP contribution >= 0.6 is 0 Å². The fraction of sp³-hybridized carbons (Fsp3) is 0.231. The second-order valence-corrected chi connectivity index (χ2v) is 3.96. The van der Waals surface area contributed by atoms with Gasteiger partial charge in [-0.1, -0.05) is 12.1 Å². The van der Waals surface area contributed by atoms with Gasteiger partial charge in [0.25, 0.3) is 0 Å². The molecule has 2 heterocycles. The van der Waals surface area contributed by atoms with E-state index in [-0.39, 0.29) is 0 Å². The van der Waals surface area contributed by atoms with Crippen LogP contribution in [-0.4, -0.2) is 11.1 Å². The quantitative estimate of drug-likeness (QED) is 0.830. The third-order valence-electron chi connectivity index (χ3n) is 2.94. The third-order valence-corrected chi connectivity index (χ3v) is 2.94. The maximum absolute atomic E-state index is 5.70. The highest BCUT2D eigenvalue weighted by Gasteiger charge is 2.19. The molecule has 3 nitrogen and oxygen atoms in total. The highest BCUT2D eigenvalue weighted by Crippen LogP contribution is 2.37. The Hall–Kier alpha value is -1.74. The Morgan fingerprint density at radius 2 is 2.12 bits per heavy atom. The Kier molecular flexibility index (Phi) is 2.18. The van der Waals surface area contributed by atoms with E-state index in [1.807, 2.05) is 18.2 Å². The average Bonchev–Trinajstić information content (AvgIpc) is 2.73. The van der Waals surface area contributed by atoms with Gasteiger partial charge in [-0.2, -0.15) is 0 Å². The third kappa shape index (κ3) is 1.32. The lowest BCUT2D eigenvalue weighted by Gasteiger charge is -2.20. The van der Waals surface area contributed by atoms with Gasteiger partial charge in [0.2, 0.25) is 0 Å². The largest absolute Gasteiger partial charge is 0.488 e. The molecule has 3 rings (SSSR count). The summed E-state index contributed by atoms with van der Waals surface area (Å²) in [5, 5.41) is 0. The van der Waals surface area contributed by atoms with E-state index in [9.17, 15) is 0 Å². The minimum Gasteiger partial charge on any atom is -0.488 e. The van der Waals surface area contributed by atoms with Gasteiger partial charge in [0.05, 0.1) is 5.69 Å². The summed E-state index contributed by atoms with van der Waals surface area (Å²) < 4.78 is 7.90. The van der Waals surface area contributed by atoms with Crippen LogP contribution in [0.1, 0.15) is 5.56 Å². The molecule has 1 aromatic carbocycles. The summed E-state index contributed by atoms with van der Waals surface area (Å²) in [6, 6.07) is 10.3. The van der Waals surface area contributed by atoms with Crippen molar-refractivity contribution in [3.05, 3.63) is 42.1 Å². The van der Waals surface area contributed by atoms with Crippen LogP contribution in [0.15, 0.2) is 36.5 Å². The number of ether oxygens (including phenoxy) is 1. The molecule has 0 saturated heterocycles. The van der Waals surface area contributed by atoms with Crippen LogP contribution in [0, 0.1) is 0 Å². The highest BCUT2D eigenvalue weighted by atomic mass is 16.5. The lowest BCUT2D eigenvalue weighted by atomic mass is 10.0. The van der Waals surface area contributed by atoms with Crippen molar-refractivity contribution in [1.29, 1.82) is 0 Å². The lowest BCUT2D eigenvalue weighted by molar-refractivity contribution is 0.301. The van der Waals surface area contributed by atoms with Crippen molar-refractivity contribution in [1.82, 2.24) is 4.57 Å². The van der Waals surface area contributed by atoms with Gasteiger partial charge in [-0.15, -0.1) is 0 Å². The highest BCUT2D eigenvalue weighted by molar-refractivity contribution is 5.72. The number of benzene rings is 1. The molecule has 0 bridgehead atoms. The second-order valence-electron chi connectivity index (χ2n) is 3.96. The summed E-state index contributed by atoms with van der Waals surface area (Å²) in [4.78, 5) is 0. The number of fused-ring (bicyclic) bond motifs is 3. The normalized spacial score (nSPS) is 12.8. The molecule has 0 unspecified atom stereocenters. The maximum Gasteiger partial charge on any atom is 0.129 e. The Balaban J connectivity index is 2.17. The van der Waals surface area contributed by atoms with E-state index in [0.29, 0.717) is 13.2 Å². The number of hydrogen-bond acceptors (Lipinski definition) is 2. The molecule has 0 aliphatic carbocycles. The van der Waals surface area contributed by atoms with Crippen molar-refractivity contribution in [2.24, 2.45) is 5.73 Å². The second kappa shape index (κ2) is 3.68. The van der Waals surface area contributed by atoms with Gasteiger partial charge in [-0.3, -0.25) is 0 Å². The number of para-hydroxylation sites is 1. The molecule has 1 aromatic heterocycles. The Morgan fingerprint density at radius 1 is 1.25 bits per heavy atom. The fourth-order valence-corrected chi connectivity index (χ4v) is 2.23. The SMILES string of the molecule is NCCn1ccc2c1-c1ccccc1OC2. The van der Waals surface area contributed by atoms with Crippen molar-refractivity contribution < 1.29 is 4.74 Å². The lowest BCUT2D eigenvalue weighted by Crippen LogP contribution is -2.12. The van der Waals surface area contributed by atoms with E-state index in [0.717, 1.165) is 12.3 Å². The topological polar surface area (TPSA) is 40.2 Å². The van der Waals surface area contributed by atoms with Gasteiger partial charge in [0.15, 0.2) is 0 Å². The molecule has 16 heavy (non-hydrogen) atoms. The first-order chi connectivity index (χ1) is 7.90. The Morgan fingerprint density at radius 3 is 3.00 bits per heavy atom. The van der Waals surface area contributed by atoms with Gasteiger partial charge in [-0.05, 0) is 18.2 Å². The minimum atomic E-state index is 0.657. The summed E-state index contributed by atoms with van der Waals surface area (Å²) in [7, 11) is 0. The van der Waals surface area contributed by atoms with Crippen LogP contribution in [0.2, 0.25) is 0 Å². The maximum atomic E-state index is 5.70. The van der Waals surface area contributed by atoms with E-state index in [1.165, 1.54) is 16.8 Å². The summed E-state index contributed by atoms with van der Waals surface area (Å²) in [6.45, 7) is 2.16. The molecule has 1 aliphatic heterocycles. The summed E-state index contributed by atoms with van der Waals surface area (Å²) in [5.74, 6) is 0.965. The molecule has 0 spiro atoms. The molecular weight excluding hydrogens is 200 g/mol. The predicted molar refractivity (Wildman–Crippen MR) is 63.3 cm³/mol. The number of nitrogens with zero attached hydrogens (tertiary/aromatic N) is 1. The smallest absolute Gasteiger partial charge is 0.129 e. The van der Waals surface area contributed by atoms with Crippen LogP contribution in [0.4, 0.5) is 0 Å². The number of aromatic nitrogens is 1. The zero-order chi connectivity index (χ0) is 11.0. The first-order valence-electron chi connectivity index (χ1n) is 5.50. The minimum absolute atomic E-state index is 0.657. The fourth-order valence-electron chi connectivity index (χ4n) is 2.23. The van der Waals surface area contributed by atoms with Crippen LogP contribution in [-0.2, 0) is 13.2 Å². The summed E-state index contributed by atoms with van der Waals surface area (Å²) in [5.41, 5.74) is 9.29. The number of nitrogens with two attached hydrogens (primary N) is 1. The van der Waals surface area contributed by atoms with Gasteiger partial charge in [0, 0.05) is 30.4 Å². The van der Waals surface area contributed by atoms with Crippen LogP contribution in [0.25, 0.3) is 11.3 Å². The van der Waals surface area contributed by atoms with E-state index in [4.69, 9.17) is 10.5 Å². The summed E-state index contributed by atoms with van der Waals surface area (Å²) in [6.07, 6.45) is 2.09. The average molecular weight is 214 g/mol. The summed E-state index contributed by atoms with van der Waals surface area (Å²) >= 11 is 0. The van der Waals surface area contributed by atoms with Crippen molar-refractivity contribution in [2.75, 3.05) is 6.54 Å². The van der Waals surface area contributed by atoms with E-state index in [1.54, 1.807) is 0 Å². The van der Waals surface area contributed by atoms with Gasteiger partial charge in [-0.25, -0.2) is 0 Å². The molecule has 0 saturated carbocycles. The molecule has 1 aliphatic rings. The molecule has 0 fully saturated rings. The standard InChI is InChI=1S/C13H14N2O/c14-6-8-15-7-5-10-9-16-12-4-2-1-3-11(12)13(10)15/h1-5,7H,6,8-9,14H2. The first kappa shape index (κ1) is 9.48. The molecule has 0 atom stereocenters. The molecule has 3 heteroatoms.